The zero-order valence-electron chi connectivity index (χ0n) is 8.90. The lowest BCUT2D eigenvalue weighted by atomic mass is 9.93. The van der Waals surface area contributed by atoms with Crippen molar-refractivity contribution in [2.45, 2.75) is 18.8 Å². The molecule has 1 fully saturated rings. The maximum atomic E-state index is 5.91. The molecule has 1 aliphatic rings. The van der Waals surface area contributed by atoms with E-state index in [1.54, 1.807) is 6.20 Å². The third kappa shape index (κ3) is 1.62. The second-order valence-electron chi connectivity index (χ2n) is 4.19. The normalized spacial score (nSPS) is 20.1. The minimum absolute atomic E-state index is 0.596. The van der Waals surface area contributed by atoms with Crippen molar-refractivity contribution in [3.05, 3.63) is 11.9 Å². The highest BCUT2D eigenvalue weighted by Gasteiger charge is 2.22. The first kappa shape index (κ1) is 9.52. The molecule has 78 valence electrons. The van der Waals surface area contributed by atoms with Crippen LogP contribution >= 0.6 is 0 Å². The van der Waals surface area contributed by atoms with E-state index in [2.05, 4.69) is 17.0 Å². The third-order valence-corrected chi connectivity index (χ3v) is 3.12. The van der Waals surface area contributed by atoms with Crippen molar-refractivity contribution in [2.75, 3.05) is 25.9 Å². The van der Waals surface area contributed by atoms with Crippen LogP contribution in [0.4, 0.5) is 5.69 Å². The summed E-state index contributed by atoms with van der Waals surface area (Å²) in [6.07, 6.45) is 4.15. The maximum absolute atomic E-state index is 5.91. The van der Waals surface area contributed by atoms with Crippen LogP contribution in [0.1, 0.15) is 24.5 Å². The molecule has 2 heterocycles. The van der Waals surface area contributed by atoms with Crippen molar-refractivity contribution < 1.29 is 0 Å². The predicted molar refractivity (Wildman–Crippen MR) is 57.1 cm³/mol. The molecule has 1 aromatic heterocycles. The summed E-state index contributed by atoms with van der Waals surface area (Å²) in [5, 5.41) is 4.19. The molecule has 1 aromatic rings. The second kappa shape index (κ2) is 3.61. The number of piperidine rings is 1. The van der Waals surface area contributed by atoms with Crippen molar-refractivity contribution >= 4 is 5.69 Å². The topological polar surface area (TPSA) is 47.1 Å². The number of rotatable bonds is 1. The number of nitrogens with two attached hydrogens (primary N) is 1. The Morgan fingerprint density at radius 1 is 1.36 bits per heavy atom. The molecule has 0 bridgehead atoms. The minimum atomic E-state index is 0.596. The van der Waals surface area contributed by atoms with Crippen LogP contribution in [0.2, 0.25) is 0 Å². The first-order chi connectivity index (χ1) is 6.68. The Labute approximate surface area is 84.7 Å². The van der Waals surface area contributed by atoms with Gasteiger partial charge in [0.25, 0.3) is 0 Å². The molecule has 4 nitrogen and oxygen atoms in total. The van der Waals surface area contributed by atoms with E-state index in [4.69, 9.17) is 5.73 Å². The lowest BCUT2D eigenvalue weighted by Gasteiger charge is -2.29. The van der Waals surface area contributed by atoms with Crippen molar-refractivity contribution in [1.82, 2.24) is 14.7 Å². The van der Waals surface area contributed by atoms with Gasteiger partial charge in [0, 0.05) is 13.0 Å². The fraction of sp³-hybridized carbons (Fsp3) is 0.700. The quantitative estimate of drug-likeness (QED) is 0.719. The van der Waals surface area contributed by atoms with Gasteiger partial charge in [-0.05, 0) is 33.0 Å². The minimum Gasteiger partial charge on any atom is -0.396 e. The summed E-state index contributed by atoms with van der Waals surface area (Å²) in [5.74, 6) is 0.596. The first-order valence-electron chi connectivity index (χ1n) is 5.14. The fourth-order valence-electron chi connectivity index (χ4n) is 2.25. The molecule has 0 radical (unpaired) electrons. The summed E-state index contributed by atoms with van der Waals surface area (Å²) in [5.41, 5.74) is 7.98. The number of likely N-dealkylation sites (tertiary alicyclic amines) is 1. The Morgan fingerprint density at radius 3 is 2.50 bits per heavy atom. The van der Waals surface area contributed by atoms with E-state index in [0.717, 1.165) is 18.8 Å². The van der Waals surface area contributed by atoms with Gasteiger partial charge in [0.1, 0.15) is 0 Å². The molecule has 0 spiro atoms. The number of aryl methyl sites for hydroxylation is 1. The number of anilines is 1. The molecule has 2 rings (SSSR count). The van der Waals surface area contributed by atoms with E-state index in [1.807, 2.05) is 11.7 Å². The van der Waals surface area contributed by atoms with Crippen LogP contribution in [-0.2, 0) is 7.05 Å². The Morgan fingerprint density at radius 2 is 2.00 bits per heavy atom. The summed E-state index contributed by atoms with van der Waals surface area (Å²) >= 11 is 0. The Balaban J connectivity index is 2.15. The van der Waals surface area contributed by atoms with Gasteiger partial charge in [-0.15, -0.1) is 0 Å². The van der Waals surface area contributed by atoms with Crippen molar-refractivity contribution in [1.29, 1.82) is 0 Å². The highest BCUT2D eigenvalue weighted by Crippen LogP contribution is 2.30. The van der Waals surface area contributed by atoms with E-state index in [1.165, 1.54) is 18.5 Å². The molecule has 0 amide bonds. The monoisotopic (exact) mass is 194 g/mol. The summed E-state index contributed by atoms with van der Waals surface area (Å²) in [7, 11) is 4.15. The molecule has 14 heavy (non-hydrogen) atoms. The number of aromatic nitrogens is 2. The zero-order chi connectivity index (χ0) is 10.1. The molecule has 4 heteroatoms. The van der Waals surface area contributed by atoms with Crippen LogP contribution in [0.15, 0.2) is 6.20 Å². The Hall–Kier alpha value is -1.03. The maximum Gasteiger partial charge on any atom is 0.0735 e. The summed E-state index contributed by atoms with van der Waals surface area (Å²) in [4.78, 5) is 2.36. The molecule has 0 aromatic carbocycles. The molecule has 2 N–H and O–H groups in total. The summed E-state index contributed by atoms with van der Waals surface area (Å²) < 4.78 is 1.92. The van der Waals surface area contributed by atoms with E-state index >= 15 is 0 Å². The Bertz CT molecular complexity index is 290. The lowest BCUT2D eigenvalue weighted by molar-refractivity contribution is 0.251. The van der Waals surface area contributed by atoms with Crippen molar-refractivity contribution in [3.63, 3.8) is 0 Å². The van der Waals surface area contributed by atoms with Gasteiger partial charge in [0.2, 0.25) is 0 Å². The summed E-state index contributed by atoms with van der Waals surface area (Å²) in [6, 6.07) is 0. The standard InChI is InChI=1S/C10H18N4/c1-13-5-3-8(4-6-13)10-9(11)7-12-14(10)2/h7-8H,3-6,11H2,1-2H3. The van der Waals surface area contributed by atoms with Gasteiger partial charge in [-0.25, -0.2) is 0 Å². The SMILES string of the molecule is CN1CCC(c2c(N)cnn2C)CC1. The molecular formula is C10H18N4. The van der Waals surface area contributed by atoms with Crippen LogP contribution < -0.4 is 5.73 Å². The molecule has 1 saturated heterocycles. The van der Waals surface area contributed by atoms with Crippen molar-refractivity contribution in [3.8, 4) is 0 Å². The molecule has 1 aliphatic heterocycles. The zero-order valence-corrected chi connectivity index (χ0v) is 8.90. The van der Waals surface area contributed by atoms with Gasteiger partial charge in [0.05, 0.1) is 17.6 Å². The lowest BCUT2D eigenvalue weighted by Crippen LogP contribution is -2.30. The van der Waals surface area contributed by atoms with E-state index < -0.39 is 0 Å². The van der Waals surface area contributed by atoms with Crippen LogP contribution in [0.5, 0.6) is 0 Å². The van der Waals surface area contributed by atoms with Gasteiger partial charge in [0.15, 0.2) is 0 Å². The van der Waals surface area contributed by atoms with Gasteiger partial charge >= 0.3 is 0 Å². The molecule has 0 saturated carbocycles. The average Bonchev–Trinajstić information content (AvgIpc) is 2.49. The summed E-state index contributed by atoms with van der Waals surface area (Å²) in [6.45, 7) is 2.32. The largest absolute Gasteiger partial charge is 0.396 e. The van der Waals surface area contributed by atoms with Gasteiger partial charge in [-0.1, -0.05) is 0 Å². The van der Waals surface area contributed by atoms with Crippen LogP contribution in [0.3, 0.4) is 0 Å². The second-order valence-corrected chi connectivity index (χ2v) is 4.19. The van der Waals surface area contributed by atoms with Gasteiger partial charge in [-0.2, -0.15) is 5.10 Å². The van der Waals surface area contributed by atoms with E-state index in [9.17, 15) is 0 Å². The molecule has 0 unspecified atom stereocenters. The molecule has 0 aliphatic carbocycles. The van der Waals surface area contributed by atoms with Crippen LogP contribution in [0, 0.1) is 0 Å². The first-order valence-corrected chi connectivity index (χ1v) is 5.14. The Kier molecular flexibility index (Phi) is 2.46. The number of hydrogen-bond donors (Lipinski definition) is 1. The highest BCUT2D eigenvalue weighted by atomic mass is 15.3. The van der Waals surface area contributed by atoms with Gasteiger partial charge in [-0.3, -0.25) is 4.68 Å². The van der Waals surface area contributed by atoms with Crippen LogP contribution in [0.25, 0.3) is 0 Å². The predicted octanol–water partition coefficient (Wildman–Crippen LogP) is 0.811. The third-order valence-electron chi connectivity index (χ3n) is 3.12. The van der Waals surface area contributed by atoms with Gasteiger partial charge < -0.3 is 10.6 Å². The highest BCUT2D eigenvalue weighted by molar-refractivity contribution is 5.43. The number of nitrogens with zero attached hydrogens (tertiary/aromatic N) is 3. The van der Waals surface area contributed by atoms with Crippen LogP contribution in [-0.4, -0.2) is 34.8 Å². The number of nitrogen functional groups attached to an aromatic ring is 1. The van der Waals surface area contributed by atoms with E-state index in [0.29, 0.717) is 5.92 Å². The smallest absolute Gasteiger partial charge is 0.0735 e. The van der Waals surface area contributed by atoms with Crippen molar-refractivity contribution in [2.24, 2.45) is 7.05 Å². The molecule has 0 atom stereocenters. The molecular weight excluding hydrogens is 176 g/mol. The average molecular weight is 194 g/mol. The number of hydrogen-bond acceptors (Lipinski definition) is 3. The van der Waals surface area contributed by atoms with E-state index in [-0.39, 0.29) is 0 Å². The fourth-order valence-corrected chi connectivity index (χ4v) is 2.25.